The third kappa shape index (κ3) is 1.32. The van der Waals surface area contributed by atoms with Crippen LogP contribution in [0.4, 0.5) is 0 Å². The van der Waals surface area contributed by atoms with Crippen molar-refractivity contribution in [3.63, 3.8) is 0 Å². The molecule has 0 fully saturated rings. The molecule has 0 radical (unpaired) electrons. The van der Waals surface area contributed by atoms with Gasteiger partial charge in [-0.1, -0.05) is 0 Å². The first kappa shape index (κ1) is 7.62. The van der Waals surface area contributed by atoms with E-state index in [1.807, 2.05) is 0 Å². The largest absolute Gasteiger partial charge is 0.508 e. The van der Waals surface area contributed by atoms with E-state index in [1.165, 1.54) is 6.08 Å². The Hall–Kier alpha value is -1.49. The van der Waals surface area contributed by atoms with Crippen LogP contribution in [0.15, 0.2) is 24.1 Å². The molecular weight excluding hydrogens is 150 g/mol. The average Bonchev–Trinajstić information content (AvgIpc) is 1.86. The highest BCUT2D eigenvalue weighted by Gasteiger charge is 2.34. The summed E-state index contributed by atoms with van der Waals surface area (Å²) >= 11 is 0. The van der Waals surface area contributed by atoms with E-state index in [0.717, 1.165) is 12.3 Å². The SMILES string of the molecule is O=C(O)C1(O)C=C(O)C=CN1. The van der Waals surface area contributed by atoms with Crippen LogP contribution in [0, 0.1) is 0 Å². The van der Waals surface area contributed by atoms with Crippen molar-refractivity contribution in [2.75, 3.05) is 0 Å². The fourth-order valence-electron chi connectivity index (χ4n) is 0.681. The zero-order chi connectivity index (χ0) is 8.48. The van der Waals surface area contributed by atoms with Crippen molar-refractivity contribution >= 4 is 5.97 Å². The van der Waals surface area contributed by atoms with Crippen molar-refractivity contribution in [2.45, 2.75) is 5.72 Å². The second-order valence-electron chi connectivity index (χ2n) is 2.12. The highest BCUT2D eigenvalue weighted by molar-refractivity contribution is 5.79. The maximum atomic E-state index is 10.3. The van der Waals surface area contributed by atoms with Gasteiger partial charge >= 0.3 is 5.97 Å². The Morgan fingerprint density at radius 2 is 2.27 bits per heavy atom. The lowest BCUT2D eigenvalue weighted by molar-refractivity contribution is -0.155. The monoisotopic (exact) mass is 157 g/mol. The van der Waals surface area contributed by atoms with E-state index in [1.54, 1.807) is 0 Å². The molecule has 1 aliphatic rings. The molecule has 60 valence electrons. The molecule has 1 aliphatic heterocycles. The van der Waals surface area contributed by atoms with Crippen LogP contribution >= 0.6 is 0 Å². The highest BCUT2D eigenvalue weighted by Crippen LogP contribution is 2.10. The molecule has 0 aliphatic carbocycles. The van der Waals surface area contributed by atoms with Gasteiger partial charge in [0.15, 0.2) is 0 Å². The topological polar surface area (TPSA) is 89.8 Å². The Morgan fingerprint density at radius 3 is 2.64 bits per heavy atom. The Balaban J connectivity index is 2.92. The molecule has 0 spiro atoms. The number of carbonyl (C=O) groups is 1. The lowest BCUT2D eigenvalue weighted by Gasteiger charge is -2.22. The van der Waals surface area contributed by atoms with E-state index in [0.29, 0.717) is 0 Å². The van der Waals surface area contributed by atoms with Crippen molar-refractivity contribution in [1.82, 2.24) is 5.32 Å². The summed E-state index contributed by atoms with van der Waals surface area (Å²) in [6, 6.07) is 0. The van der Waals surface area contributed by atoms with Crippen LogP contribution in [0.25, 0.3) is 0 Å². The molecule has 0 saturated heterocycles. The standard InChI is InChI=1S/C6H7NO4/c8-4-1-2-7-6(11,3-4)5(9)10/h1-3,7-8,11H,(H,9,10). The van der Waals surface area contributed by atoms with Gasteiger partial charge in [-0.2, -0.15) is 0 Å². The van der Waals surface area contributed by atoms with Crippen molar-refractivity contribution in [2.24, 2.45) is 0 Å². The zero-order valence-electron chi connectivity index (χ0n) is 5.48. The van der Waals surface area contributed by atoms with Crippen molar-refractivity contribution in [3.05, 3.63) is 24.1 Å². The van der Waals surface area contributed by atoms with E-state index in [9.17, 15) is 4.79 Å². The number of hydrogen-bond donors (Lipinski definition) is 4. The molecule has 1 unspecified atom stereocenters. The molecule has 0 saturated carbocycles. The van der Waals surface area contributed by atoms with E-state index in [2.05, 4.69) is 5.32 Å². The first-order valence-corrected chi connectivity index (χ1v) is 2.86. The maximum absolute atomic E-state index is 10.3. The summed E-state index contributed by atoms with van der Waals surface area (Å²) in [7, 11) is 0. The van der Waals surface area contributed by atoms with E-state index in [4.69, 9.17) is 15.3 Å². The molecule has 0 aromatic rings. The lowest BCUT2D eigenvalue weighted by Crippen LogP contribution is -2.49. The van der Waals surface area contributed by atoms with Gasteiger partial charge in [0.25, 0.3) is 5.72 Å². The number of rotatable bonds is 1. The minimum absolute atomic E-state index is 0.284. The molecule has 1 rings (SSSR count). The summed E-state index contributed by atoms with van der Waals surface area (Å²) < 4.78 is 0. The second kappa shape index (κ2) is 2.28. The summed E-state index contributed by atoms with van der Waals surface area (Å²) in [6.45, 7) is 0. The molecule has 1 atom stereocenters. The van der Waals surface area contributed by atoms with Crippen molar-refractivity contribution in [3.8, 4) is 0 Å². The lowest BCUT2D eigenvalue weighted by atomic mass is 10.1. The maximum Gasteiger partial charge on any atom is 0.361 e. The Morgan fingerprint density at radius 1 is 1.64 bits per heavy atom. The molecule has 1 heterocycles. The molecule has 0 amide bonds. The van der Waals surface area contributed by atoms with Crippen LogP contribution in [0.1, 0.15) is 0 Å². The molecule has 5 heteroatoms. The number of hydrogen-bond acceptors (Lipinski definition) is 4. The summed E-state index contributed by atoms with van der Waals surface area (Å²) in [5.41, 5.74) is -2.18. The molecule has 4 N–H and O–H groups in total. The molecule has 0 bridgehead atoms. The predicted molar refractivity (Wildman–Crippen MR) is 35.6 cm³/mol. The number of aliphatic hydroxyl groups is 2. The predicted octanol–water partition coefficient (Wildman–Crippen LogP) is -0.682. The number of allylic oxidation sites excluding steroid dienone is 1. The number of nitrogens with one attached hydrogen (secondary N) is 1. The molecule has 0 aromatic heterocycles. The Bertz CT molecular complexity index is 245. The number of carboxylic acids is 1. The van der Waals surface area contributed by atoms with Crippen LogP contribution in [-0.4, -0.2) is 27.0 Å². The number of carboxylic acid groups (broad SMARTS) is 1. The third-order valence-corrected chi connectivity index (χ3v) is 1.24. The number of aliphatic carboxylic acids is 1. The van der Waals surface area contributed by atoms with Gasteiger partial charge in [-0.15, -0.1) is 0 Å². The fourth-order valence-corrected chi connectivity index (χ4v) is 0.681. The first-order valence-electron chi connectivity index (χ1n) is 2.86. The minimum atomic E-state index is -2.18. The van der Waals surface area contributed by atoms with Crippen LogP contribution in [0.3, 0.4) is 0 Å². The van der Waals surface area contributed by atoms with Gasteiger partial charge in [-0.3, -0.25) is 0 Å². The summed E-state index contributed by atoms with van der Waals surface area (Å²) in [4.78, 5) is 10.3. The summed E-state index contributed by atoms with van der Waals surface area (Å²) in [6.07, 6.45) is 3.19. The second-order valence-corrected chi connectivity index (χ2v) is 2.12. The summed E-state index contributed by atoms with van der Waals surface area (Å²) in [5, 5.41) is 28.5. The quantitative estimate of drug-likeness (QED) is 0.405. The Labute approximate surface area is 62.3 Å². The molecule has 5 nitrogen and oxygen atoms in total. The van der Waals surface area contributed by atoms with Gasteiger partial charge in [-0.25, -0.2) is 4.79 Å². The third-order valence-electron chi connectivity index (χ3n) is 1.24. The van der Waals surface area contributed by atoms with Gasteiger partial charge in [0.2, 0.25) is 0 Å². The van der Waals surface area contributed by atoms with E-state index >= 15 is 0 Å². The van der Waals surface area contributed by atoms with Gasteiger partial charge in [0, 0.05) is 12.3 Å². The van der Waals surface area contributed by atoms with E-state index in [-0.39, 0.29) is 5.76 Å². The molecule has 11 heavy (non-hydrogen) atoms. The molecule has 0 aromatic carbocycles. The van der Waals surface area contributed by atoms with Crippen LogP contribution in [0.2, 0.25) is 0 Å². The van der Waals surface area contributed by atoms with Gasteiger partial charge in [0.1, 0.15) is 5.76 Å². The average molecular weight is 157 g/mol. The minimum Gasteiger partial charge on any atom is -0.508 e. The first-order chi connectivity index (χ1) is 5.04. The molecular formula is C6H7NO4. The zero-order valence-corrected chi connectivity index (χ0v) is 5.48. The van der Waals surface area contributed by atoms with Crippen molar-refractivity contribution in [1.29, 1.82) is 0 Å². The van der Waals surface area contributed by atoms with Gasteiger partial charge in [0.05, 0.1) is 0 Å². The summed E-state index contributed by atoms with van der Waals surface area (Å²) in [5.74, 6) is -1.75. The van der Waals surface area contributed by atoms with Crippen LogP contribution in [-0.2, 0) is 4.79 Å². The van der Waals surface area contributed by atoms with Crippen molar-refractivity contribution < 1.29 is 20.1 Å². The number of aliphatic hydroxyl groups excluding tert-OH is 1. The normalized spacial score (nSPS) is 29.0. The Kier molecular flexibility index (Phi) is 1.58. The fraction of sp³-hybridized carbons (Fsp3) is 0.167. The number of dihydropyridines is 1. The van der Waals surface area contributed by atoms with Crippen LogP contribution in [0.5, 0.6) is 0 Å². The smallest absolute Gasteiger partial charge is 0.361 e. The van der Waals surface area contributed by atoms with Gasteiger partial charge in [-0.05, 0) is 6.08 Å². The highest BCUT2D eigenvalue weighted by atomic mass is 16.4. The van der Waals surface area contributed by atoms with E-state index < -0.39 is 11.7 Å². The van der Waals surface area contributed by atoms with Crippen LogP contribution < -0.4 is 5.32 Å². The van der Waals surface area contributed by atoms with Gasteiger partial charge < -0.3 is 20.6 Å².